The first-order chi connectivity index (χ1) is 17.5. The van der Waals surface area contributed by atoms with Gasteiger partial charge in [0.15, 0.2) is 0 Å². The van der Waals surface area contributed by atoms with Gasteiger partial charge in [-0.15, -0.1) is 0 Å². The van der Waals surface area contributed by atoms with Crippen molar-refractivity contribution in [2.75, 3.05) is 12.4 Å². The van der Waals surface area contributed by atoms with Crippen LogP contribution >= 0.6 is 11.6 Å². The van der Waals surface area contributed by atoms with Crippen LogP contribution in [0.1, 0.15) is 52.5 Å². The molecule has 0 fully saturated rings. The summed E-state index contributed by atoms with van der Waals surface area (Å²) in [6, 6.07) is 10.7. The van der Waals surface area contributed by atoms with Gasteiger partial charge in [0.1, 0.15) is 17.5 Å². The predicted octanol–water partition coefficient (Wildman–Crippen LogP) is 7.17. The molecule has 200 valence electrons. The maximum atomic E-state index is 13.4. The Bertz CT molecular complexity index is 1210. The molecule has 2 atom stereocenters. The highest BCUT2D eigenvalue weighted by molar-refractivity contribution is 6.31. The molecule has 3 aromatic rings. The molecule has 0 aliphatic rings. The highest BCUT2D eigenvalue weighted by Gasteiger charge is 2.20. The number of fused-ring (bicyclic) bond motifs is 1. The predicted molar refractivity (Wildman–Crippen MR) is 146 cm³/mol. The average Bonchev–Trinajstić information content (AvgIpc) is 2.87. The van der Waals surface area contributed by atoms with Crippen LogP contribution in [0.3, 0.4) is 0 Å². The fourth-order valence-electron chi connectivity index (χ4n) is 3.74. The van der Waals surface area contributed by atoms with E-state index < -0.39 is 5.82 Å². The first kappa shape index (κ1) is 30.0. The molecule has 1 heterocycles. The van der Waals surface area contributed by atoms with Crippen LogP contribution in [0.2, 0.25) is 5.02 Å². The quantitative estimate of drug-likeness (QED) is 0.323. The molecule has 9 heteroatoms. The van der Waals surface area contributed by atoms with E-state index in [2.05, 4.69) is 36.4 Å². The van der Waals surface area contributed by atoms with Crippen molar-refractivity contribution >= 4 is 40.1 Å². The summed E-state index contributed by atoms with van der Waals surface area (Å²) in [4.78, 5) is 28.8. The molecule has 0 aliphatic carbocycles. The van der Waals surface area contributed by atoms with E-state index >= 15 is 0 Å². The summed E-state index contributed by atoms with van der Waals surface area (Å²) < 4.78 is 26.3. The van der Waals surface area contributed by atoms with Gasteiger partial charge in [-0.1, -0.05) is 50.9 Å². The van der Waals surface area contributed by atoms with E-state index in [-0.39, 0.29) is 35.4 Å². The van der Waals surface area contributed by atoms with Crippen molar-refractivity contribution in [2.45, 2.75) is 59.5 Å². The summed E-state index contributed by atoms with van der Waals surface area (Å²) in [6.07, 6.45) is 4.59. The standard InChI is InChI=1S/C17H26ClFN2O.C11H9FN2O/c1-5-12(3)10-14(6-2)21(4)17(22)20-11-13-8-7-9-15(19)16(13)18;1-7(15)14-11-5-9-4-10(12)3-2-8(9)6-13-11/h7-9,12,14H,5-6,10-11H2,1-4H3,(H,20,22);2-6H,1H3,(H,13,14,15). The number of carbonyl (C=O) groups excluding carboxylic acids is 2. The second kappa shape index (κ2) is 14.5. The first-order valence-electron chi connectivity index (χ1n) is 12.3. The Hall–Kier alpha value is -3.26. The topological polar surface area (TPSA) is 74.3 Å². The van der Waals surface area contributed by atoms with Crippen molar-refractivity contribution in [1.29, 1.82) is 0 Å². The number of amides is 3. The molecule has 0 radical (unpaired) electrons. The van der Waals surface area contributed by atoms with Gasteiger partial charge in [-0.05, 0) is 60.0 Å². The fourth-order valence-corrected chi connectivity index (χ4v) is 3.93. The summed E-state index contributed by atoms with van der Waals surface area (Å²) in [6.45, 7) is 8.06. The molecule has 0 aliphatic heterocycles. The van der Waals surface area contributed by atoms with Gasteiger partial charge in [0.25, 0.3) is 0 Å². The second-order valence-corrected chi connectivity index (χ2v) is 9.41. The van der Waals surface area contributed by atoms with Crippen LogP contribution in [0.15, 0.2) is 48.7 Å². The molecule has 0 spiro atoms. The van der Waals surface area contributed by atoms with Crippen LogP contribution in [0.4, 0.5) is 19.4 Å². The fraction of sp³-hybridized carbons (Fsp3) is 0.393. The smallest absolute Gasteiger partial charge is 0.317 e. The number of pyridine rings is 1. The molecule has 2 unspecified atom stereocenters. The lowest BCUT2D eigenvalue weighted by molar-refractivity contribution is -0.114. The van der Waals surface area contributed by atoms with Crippen LogP contribution in [0, 0.1) is 17.6 Å². The van der Waals surface area contributed by atoms with Crippen molar-refractivity contribution in [3.05, 3.63) is 70.9 Å². The zero-order valence-corrected chi connectivity index (χ0v) is 22.7. The molecule has 0 saturated carbocycles. The summed E-state index contributed by atoms with van der Waals surface area (Å²) in [5, 5.41) is 6.97. The molecular weight excluding hydrogens is 498 g/mol. The lowest BCUT2D eigenvalue weighted by Gasteiger charge is -2.29. The van der Waals surface area contributed by atoms with Gasteiger partial charge in [-0.3, -0.25) is 4.79 Å². The number of benzene rings is 2. The maximum Gasteiger partial charge on any atom is 0.317 e. The lowest BCUT2D eigenvalue weighted by Crippen LogP contribution is -2.43. The van der Waals surface area contributed by atoms with Crippen LogP contribution in [-0.2, 0) is 11.3 Å². The van der Waals surface area contributed by atoms with E-state index in [1.165, 1.54) is 25.1 Å². The summed E-state index contributed by atoms with van der Waals surface area (Å²) >= 11 is 5.89. The number of nitrogens with zero attached hydrogens (tertiary/aromatic N) is 2. The number of rotatable bonds is 8. The Morgan fingerprint density at radius 3 is 2.46 bits per heavy atom. The number of urea groups is 1. The van der Waals surface area contributed by atoms with E-state index in [0.29, 0.717) is 22.7 Å². The van der Waals surface area contributed by atoms with Crippen LogP contribution in [0.5, 0.6) is 0 Å². The minimum absolute atomic E-state index is 0.0668. The molecular formula is C28H35ClF2N4O2. The van der Waals surface area contributed by atoms with E-state index in [4.69, 9.17) is 11.6 Å². The van der Waals surface area contributed by atoms with Gasteiger partial charge in [0.05, 0.1) is 5.02 Å². The Morgan fingerprint density at radius 1 is 1.08 bits per heavy atom. The van der Waals surface area contributed by atoms with Gasteiger partial charge in [0, 0.05) is 38.1 Å². The molecule has 3 amide bonds. The minimum Gasteiger partial charge on any atom is -0.334 e. The number of aromatic nitrogens is 1. The SMILES string of the molecule is CC(=O)Nc1cc2cc(F)ccc2cn1.CCC(C)CC(CC)N(C)C(=O)NCc1cccc(F)c1Cl. The molecule has 3 rings (SSSR count). The van der Waals surface area contributed by atoms with Gasteiger partial charge in [0.2, 0.25) is 5.91 Å². The maximum absolute atomic E-state index is 13.4. The third-order valence-corrected chi connectivity index (χ3v) is 6.58. The summed E-state index contributed by atoms with van der Waals surface area (Å²) in [5.41, 5.74) is 0.582. The molecule has 2 N–H and O–H groups in total. The number of anilines is 1. The third kappa shape index (κ3) is 9.28. The third-order valence-electron chi connectivity index (χ3n) is 6.16. The van der Waals surface area contributed by atoms with Crippen molar-refractivity contribution < 1.29 is 18.4 Å². The Morgan fingerprint density at radius 2 is 1.81 bits per heavy atom. The van der Waals surface area contributed by atoms with Crippen molar-refractivity contribution in [3.63, 3.8) is 0 Å². The number of halogens is 3. The van der Waals surface area contributed by atoms with Crippen molar-refractivity contribution in [2.24, 2.45) is 5.92 Å². The number of nitrogens with one attached hydrogen (secondary N) is 2. The lowest BCUT2D eigenvalue weighted by atomic mass is 9.97. The van der Waals surface area contributed by atoms with E-state index in [9.17, 15) is 18.4 Å². The van der Waals surface area contributed by atoms with Crippen LogP contribution < -0.4 is 10.6 Å². The van der Waals surface area contributed by atoms with Gasteiger partial charge >= 0.3 is 6.03 Å². The van der Waals surface area contributed by atoms with Crippen molar-refractivity contribution in [3.8, 4) is 0 Å². The number of carbonyl (C=O) groups is 2. The molecule has 37 heavy (non-hydrogen) atoms. The van der Waals surface area contributed by atoms with Gasteiger partial charge < -0.3 is 15.5 Å². The Kier molecular flexibility index (Phi) is 11.7. The van der Waals surface area contributed by atoms with E-state index in [1.807, 2.05) is 0 Å². The highest BCUT2D eigenvalue weighted by atomic mass is 35.5. The molecule has 2 aromatic carbocycles. The molecule has 1 aromatic heterocycles. The van der Waals surface area contributed by atoms with Gasteiger partial charge in [-0.25, -0.2) is 18.6 Å². The minimum atomic E-state index is -0.468. The second-order valence-electron chi connectivity index (χ2n) is 9.04. The van der Waals surface area contributed by atoms with Crippen LogP contribution in [-0.4, -0.2) is 34.9 Å². The van der Waals surface area contributed by atoms with E-state index in [0.717, 1.165) is 24.6 Å². The summed E-state index contributed by atoms with van der Waals surface area (Å²) in [5.74, 6) is 0.0455. The first-order valence-corrected chi connectivity index (χ1v) is 12.7. The van der Waals surface area contributed by atoms with E-state index in [1.54, 1.807) is 42.4 Å². The zero-order valence-electron chi connectivity index (χ0n) is 21.9. The number of hydrogen-bond donors (Lipinski definition) is 2. The summed E-state index contributed by atoms with van der Waals surface area (Å²) in [7, 11) is 1.80. The Labute approximate surface area is 222 Å². The monoisotopic (exact) mass is 532 g/mol. The van der Waals surface area contributed by atoms with Crippen LogP contribution in [0.25, 0.3) is 10.8 Å². The van der Waals surface area contributed by atoms with Crippen molar-refractivity contribution in [1.82, 2.24) is 15.2 Å². The van der Waals surface area contributed by atoms with Gasteiger partial charge in [-0.2, -0.15) is 0 Å². The molecule has 6 nitrogen and oxygen atoms in total. The normalized spacial score (nSPS) is 12.2. The average molecular weight is 533 g/mol. The highest BCUT2D eigenvalue weighted by Crippen LogP contribution is 2.20. The largest absolute Gasteiger partial charge is 0.334 e. The zero-order chi connectivity index (χ0) is 27.5. The molecule has 0 bridgehead atoms. The Balaban J connectivity index is 0.000000278. The number of hydrogen-bond acceptors (Lipinski definition) is 3. The molecule has 0 saturated heterocycles.